The van der Waals surface area contributed by atoms with Crippen LogP contribution < -0.4 is 5.32 Å². The Kier molecular flexibility index (Phi) is 5.18. The number of nitrogens with one attached hydrogen (secondary N) is 1. The van der Waals surface area contributed by atoms with E-state index in [1.807, 2.05) is 18.5 Å². The van der Waals surface area contributed by atoms with Crippen molar-refractivity contribution >= 4 is 17.7 Å². The summed E-state index contributed by atoms with van der Waals surface area (Å²) in [5, 5.41) is 15.3. The summed E-state index contributed by atoms with van der Waals surface area (Å²) in [7, 11) is 0. The van der Waals surface area contributed by atoms with Crippen molar-refractivity contribution in [3.05, 3.63) is 0 Å². The topological polar surface area (TPSA) is 72.7 Å². The van der Waals surface area contributed by atoms with Gasteiger partial charge in [-0.1, -0.05) is 31.0 Å². The van der Waals surface area contributed by atoms with Crippen molar-refractivity contribution in [3.8, 4) is 0 Å². The molecule has 106 valence electrons. The van der Waals surface area contributed by atoms with Crippen LogP contribution in [0.5, 0.6) is 0 Å². The SMILES string of the molecule is CCNC(=O)[C@@H](C)Sc1nnnn1C1CCCCC1. The number of hydrogen-bond acceptors (Lipinski definition) is 5. The third-order valence-corrected chi connectivity index (χ3v) is 4.43. The number of aromatic nitrogens is 4. The summed E-state index contributed by atoms with van der Waals surface area (Å²) in [5.41, 5.74) is 0. The van der Waals surface area contributed by atoms with E-state index in [4.69, 9.17) is 0 Å². The molecule has 7 heteroatoms. The van der Waals surface area contributed by atoms with Crippen LogP contribution in [-0.4, -0.2) is 37.9 Å². The average molecular weight is 283 g/mol. The maximum Gasteiger partial charge on any atom is 0.233 e. The van der Waals surface area contributed by atoms with Crippen LogP contribution in [0.15, 0.2) is 5.16 Å². The van der Waals surface area contributed by atoms with Crippen molar-refractivity contribution in [2.45, 2.75) is 62.4 Å². The molecular formula is C12H21N5OS. The zero-order valence-corrected chi connectivity index (χ0v) is 12.3. The molecule has 0 radical (unpaired) electrons. The lowest BCUT2D eigenvalue weighted by molar-refractivity contribution is -0.120. The van der Waals surface area contributed by atoms with E-state index in [1.165, 1.54) is 31.0 Å². The highest BCUT2D eigenvalue weighted by Gasteiger charge is 2.23. The summed E-state index contributed by atoms with van der Waals surface area (Å²) in [6.45, 7) is 4.45. The minimum atomic E-state index is -0.173. The standard InChI is InChI=1S/C12H21N5OS/c1-3-13-11(18)9(2)19-12-14-15-16-17(12)10-7-5-4-6-8-10/h9-10H,3-8H2,1-2H3,(H,13,18)/t9-/m1/s1. The first-order chi connectivity index (χ1) is 9.22. The Morgan fingerprint density at radius 3 is 2.89 bits per heavy atom. The van der Waals surface area contributed by atoms with E-state index in [9.17, 15) is 4.79 Å². The highest BCUT2D eigenvalue weighted by atomic mass is 32.2. The maximum atomic E-state index is 11.7. The fourth-order valence-corrected chi connectivity index (χ4v) is 3.23. The van der Waals surface area contributed by atoms with Gasteiger partial charge < -0.3 is 5.32 Å². The Hall–Kier alpha value is -1.11. The second kappa shape index (κ2) is 6.88. The van der Waals surface area contributed by atoms with E-state index in [0.29, 0.717) is 12.6 Å². The van der Waals surface area contributed by atoms with Crippen LogP contribution in [0, 0.1) is 0 Å². The molecule has 1 fully saturated rings. The van der Waals surface area contributed by atoms with E-state index in [0.717, 1.165) is 18.0 Å². The Balaban J connectivity index is 2.00. The molecule has 2 rings (SSSR count). The summed E-state index contributed by atoms with van der Waals surface area (Å²) >= 11 is 1.43. The van der Waals surface area contributed by atoms with Crippen molar-refractivity contribution in [2.24, 2.45) is 0 Å². The summed E-state index contributed by atoms with van der Waals surface area (Å²) in [4.78, 5) is 11.7. The van der Waals surface area contributed by atoms with Gasteiger partial charge in [0.1, 0.15) is 0 Å². The normalized spacial score (nSPS) is 18.2. The lowest BCUT2D eigenvalue weighted by Gasteiger charge is -2.22. The highest BCUT2D eigenvalue weighted by molar-refractivity contribution is 8.00. The minimum absolute atomic E-state index is 0.0331. The molecule has 0 spiro atoms. The minimum Gasteiger partial charge on any atom is -0.355 e. The number of hydrogen-bond donors (Lipinski definition) is 1. The fourth-order valence-electron chi connectivity index (χ4n) is 2.35. The number of tetrazole rings is 1. The molecule has 1 heterocycles. The van der Waals surface area contributed by atoms with Gasteiger partial charge in [0, 0.05) is 6.54 Å². The first-order valence-corrected chi connectivity index (χ1v) is 7.82. The molecule has 1 aliphatic carbocycles. The molecular weight excluding hydrogens is 262 g/mol. The second-order valence-electron chi connectivity index (χ2n) is 4.85. The first-order valence-electron chi connectivity index (χ1n) is 6.94. The molecule has 1 atom stereocenters. The van der Waals surface area contributed by atoms with Gasteiger partial charge in [-0.05, 0) is 37.1 Å². The first kappa shape index (κ1) is 14.3. The van der Waals surface area contributed by atoms with Crippen molar-refractivity contribution in [1.29, 1.82) is 0 Å². The molecule has 0 unspecified atom stereocenters. The molecule has 1 aromatic rings. The highest BCUT2D eigenvalue weighted by Crippen LogP contribution is 2.31. The van der Waals surface area contributed by atoms with E-state index >= 15 is 0 Å². The number of thioether (sulfide) groups is 1. The molecule has 0 bridgehead atoms. The smallest absolute Gasteiger partial charge is 0.233 e. The molecule has 1 aliphatic rings. The van der Waals surface area contributed by atoms with Crippen molar-refractivity contribution in [3.63, 3.8) is 0 Å². The average Bonchev–Trinajstić information content (AvgIpc) is 2.88. The summed E-state index contributed by atoms with van der Waals surface area (Å²) in [5.74, 6) is 0.0331. The zero-order chi connectivity index (χ0) is 13.7. The van der Waals surface area contributed by atoms with Crippen molar-refractivity contribution < 1.29 is 4.79 Å². The number of carbonyl (C=O) groups excluding carboxylic acids is 1. The molecule has 1 saturated carbocycles. The largest absolute Gasteiger partial charge is 0.355 e. The quantitative estimate of drug-likeness (QED) is 0.834. The van der Waals surface area contributed by atoms with Crippen LogP contribution in [0.25, 0.3) is 0 Å². The van der Waals surface area contributed by atoms with Gasteiger partial charge in [-0.2, -0.15) is 0 Å². The van der Waals surface area contributed by atoms with Crippen molar-refractivity contribution in [1.82, 2.24) is 25.5 Å². The molecule has 19 heavy (non-hydrogen) atoms. The number of nitrogens with zero attached hydrogens (tertiary/aromatic N) is 4. The van der Waals surface area contributed by atoms with E-state index < -0.39 is 0 Å². The Labute approximate surface area is 117 Å². The number of carbonyl (C=O) groups is 1. The van der Waals surface area contributed by atoms with Crippen LogP contribution in [0.2, 0.25) is 0 Å². The monoisotopic (exact) mass is 283 g/mol. The van der Waals surface area contributed by atoms with E-state index in [2.05, 4.69) is 20.8 Å². The molecule has 0 aliphatic heterocycles. The summed E-state index contributed by atoms with van der Waals surface area (Å²) in [6, 6.07) is 0.396. The lowest BCUT2D eigenvalue weighted by atomic mass is 9.96. The van der Waals surface area contributed by atoms with Gasteiger partial charge in [0.05, 0.1) is 11.3 Å². The van der Waals surface area contributed by atoms with Crippen LogP contribution in [-0.2, 0) is 4.79 Å². The number of amides is 1. The Bertz CT molecular complexity index is 416. The van der Waals surface area contributed by atoms with E-state index in [1.54, 1.807) is 0 Å². The summed E-state index contributed by atoms with van der Waals surface area (Å²) in [6.07, 6.45) is 6.04. The van der Waals surface area contributed by atoms with Gasteiger partial charge in [-0.15, -0.1) is 5.10 Å². The lowest BCUT2D eigenvalue weighted by Crippen LogP contribution is -2.30. The maximum absolute atomic E-state index is 11.7. The van der Waals surface area contributed by atoms with Crippen molar-refractivity contribution in [2.75, 3.05) is 6.54 Å². The van der Waals surface area contributed by atoms with Crippen LogP contribution >= 0.6 is 11.8 Å². The van der Waals surface area contributed by atoms with Gasteiger partial charge >= 0.3 is 0 Å². The van der Waals surface area contributed by atoms with Gasteiger partial charge in [0.2, 0.25) is 11.1 Å². The van der Waals surface area contributed by atoms with E-state index in [-0.39, 0.29) is 11.2 Å². The molecule has 6 nitrogen and oxygen atoms in total. The third-order valence-electron chi connectivity index (χ3n) is 3.39. The Morgan fingerprint density at radius 1 is 1.47 bits per heavy atom. The van der Waals surface area contributed by atoms with Crippen LogP contribution in [0.3, 0.4) is 0 Å². The predicted octanol–water partition coefficient (Wildman–Crippen LogP) is 1.79. The van der Waals surface area contributed by atoms with Gasteiger partial charge in [0.15, 0.2) is 0 Å². The van der Waals surface area contributed by atoms with Gasteiger partial charge in [-0.3, -0.25) is 4.79 Å². The molecule has 1 N–H and O–H groups in total. The Morgan fingerprint density at radius 2 is 2.21 bits per heavy atom. The van der Waals surface area contributed by atoms with Gasteiger partial charge in [-0.25, -0.2) is 4.68 Å². The number of rotatable bonds is 5. The third kappa shape index (κ3) is 3.68. The molecule has 1 amide bonds. The molecule has 1 aromatic heterocycles. The summed E-state index contributed by atoms with van der Waals surface area (Å²) < 4.78 is 1.90. The second-order valence-corrected chi connectivity index (χ2v) is 6.16. The van der Waals surface area contributed by atoms with Crippen LogP contribution in [0.1, 0.15) is 52.0 Å². The molecule has 0 aromatic carbocycles. The van der Waals surface area contributed by atoms with Crippen LogP contribution in [0.4, 0.5) is 0 Å². The molecule has 0 saturated heterocycles. The zero-order valence-electron chi connectivity index (χ0n) is 11.5. The fraction of sp³-hybridized carbons (Fsp3) is 0.833. The predicted molar refractivity (Wildman–Crippen MR) is 73.9 cm³/mol. The van der Waals surface area contributed by atoms with Gasteiger partial charge in [0.25, 0.3) is 0 Å².